The number of benzene rings is 2. The van der Waals surface area contributed by atoms with Gasteiger partial charge in [0.05, 0.1) is 4.90 Å². The first-order chi connectivity index (χ1) is 12.9. The van der Waals surface area contributed by atoms with Crippen LogP contribution in [0.1, 0.15) is 11.1 Å². The molecule has 0 fully saturated rings. The van der Waals surface area contributed by atoms with Crippen molar-refractivity contribution in [1.82, 2.24) is 4.98 Å². The Morgan fingerprint density at radius 1 is 1.04 bits per heavy atom. The summed E-state index contributed by atoms with van der Waals surface area (Å²) in [5, 5.41) is 3.62. The lowest BCUT2D eigenvalue weighted by molar-refractivity contribution is 0.598. The van der Waals surface area contributed by atoms with E-state index in [1.165, 1.54) is 0 Å². The number of nitrogens with one attached hydrogen (secondary N) is 1. The van der Waals surface area contributed by atoms with Crippen LogP contribution in [0, 0.1) is 6.92 Å². The molecular formula is C20H18ClN3O2S. The van der Waals surface area contributed by atoms with E-state index in [2.05, 4.69) is 14.7 Å². The molecule has 0 bridgehead atoms. The van der Waals surface area contributed by atoms with Crippen LogP contribution in [0.15, 0.2) is 82.2 Å². The Balaban J connectivity index is 1.95. The maximum Gasteiger partial charge on any atom is 0.283 e. The predicted octanol–water partition coefficient (Wildman–Crippen LogP) is 4.49. The molecule has 0 amide bonds. The number of amidine groups is 1. The molecule has 1 N–H and O–H groups in total. The van der Waals surface area contributed by atoms with Gasteiger partial charge in [-0.15, -0.1) is 4.40 Å². The van der Waals surface area contributed by atoms with Crippen molar-refractivity contribution in [3.8, 4) is 0 Å². The quantitative estimate of drug-likeness (QED) is 0.507. The Labute approximate surface area is 163 Å². The van der Waals surface area contributed by atoms with Gasteiger partial charge < -0.3 is 5.32 Å². The van der Waals surface area contributed by atoms with E-state index in [1.54, 1.807) is 54.7 Å². The Morgan fingerprint density at radius 3 is 2.37 bits per heavy atom. The molecule has 0 aliphatic rings. The summed E-state index contributed by atoms with van der Waals surface area (Å²) in [5.41, 5.74) is 1.85. The highest BCUT2D eigenvalue weighted by atomic mass is 35.5. The van der Waals surface area contributed by atoms with Gasteiger partial charge in [-0.05, 0) is 48.9 Å². The fraction of sp³-hybridized carbons (Fsp3) is 0.100. The summed E-state index contributed by atoms with van der Waals surface area (Å²) in [6.45, 7) is 1.90. The normalized spacial score (nSPS) is 12.0. The van der Waals surface area contributed by atoms with E-state index in [9.17, 15) is 8.42 Å². The first-order valence-electron chi connectivity index (χ1n) is 8.25. The minimum absolute atomic E-state index is 0.143. The molecule has 0 aliphatic heterocycles. The molecule has 1 aromatic heterocycles. The maximum atomic E-state index is 12.7. The Kier molecular flexibility index (Phi) is 5.88. The van der Waals surface area contributed by atoms with Gasteiger partial charge in [-0.2, -0.15) is 8.42 Å². The molecule has 3 aromatic rings. The van der Waals surface area contributed by atoms with Crippen molar-refractivity contribution >= 4 is 33.3 Å². The molecule has 3 rings (SSSR count). The molecular weight excluding hydrogens is 382 g/mol. The number of hydrogen-bond acceptors (Lipinski definition) is 3. The number of pyridine rings is 1. The van der Waals surface area contributed by atoms with Crippen LogP contribution in [0.25, 0.3) is 0 Å². The third kappa shape index (κ3) is 5.39. The smallest absolute Gasteiger partial charge is 0.283 e. The molecule has 0 saturated heterocycles. The standard InChI is InChI=1S/C20H18ClN3O2S/c1-15-5-11-18(12-6-15)27(25,26)24-20(23-19-4-2-3-13-22-19)14-16-7-9-17(21)10-8-16/h2-13H,14H2,1H3,(H,22,23,24). The van der Waals surface area contributed by atoms with E-state index in [0.29, 0.717) is 17.3 Å². The minimum atomic E-state index is -3.85. The van der Waals surface area contributed by atoms with E-state index < -0.39 is 10.0 Å². The van der Waals surface area contributed by atoms with Crippen molar-refractivity contribution in [2.75, 3.05) is 5.32 Å². The molecule has 0 spiro atoms. The van der Waals surface area contributed by atoms with Crippen LogP contribution in [-0.4, -0.2) is 19.2 Å². The van der Waals surface area contributed by atoms with Crippen LogP contribution in [0.5, 0.6) is 0 Å². The molecule has 2 aromatic carbocycles. The van der Waals surface area contributed by atoms with Crippen molar-refractivity contribution in [3.05, 3.63) is 89.1 Å². The van der Waals surface area contributed by atoms with Gasteiger partial charge in [0.2, 0.25) is 0 Å². The van der Waals surface area contributed by atoms with E-state index >= 15 is 0 Å². The van der Waals surface area contributed by atoms with Gasteiger partial charge in [0, 0.05) is 17.6 Å². The summed E-state index contributed by atoms with van der Waals surface area (Å²) in [6, 6.07) is 19.1. The molecule has 0 aliphatic carbocycles. The highest BCUT2D eigenvalue weighted by Crippen LogP contribution is 2.16. The summed E-state index contributed by atoms with van der Waals surface area (Å²) in [7, 11) is -3.85. The van der Waals surface area contributed by atoms with Gasteiger partial charge in [-0.25, -0.2) is 4.98 Å². The molecule has 0 saturated carbocycles. The lowest BCUT2D eigenvalue weighted by Gasteiger charge is -2.10. The average molecular weight is 400 g/mol. The number of aryl methyl sites for hydroxylation is 1. The van der Waals surface area contributed by atoms with Gasteiger partial charge in [-0.1, -0.05) is 47.5 Å². The van der Waals surface area contributed by atoms with Crippen molar-refractivity contribution in [2.24, 2.45) is 4.40 Å². The molecule has 0 unspecified atom stereocenters. The molecule has 0 atom stereocenters. The van der Waals surface area contributed by atoms with Crippen molar-refractivity contribution in [1.29, 1.82) is 0 Å². The van der Waals surface area contributed by atoms with Crippen LogP contribution < -0.4 is 5.32 Å². The molecule has 138 valence electrons. The van der Waals surface area contributed by atoms with Crippen LogP contribution in [0.4, 0.5) is 5.82 Å². The van der Waals surface area contributed by atoms with Crippen LogP contribution in [-0.2, 0) is 16.4 Å². The zero-order valence-electron chi connectivity index (χ0n) is 14.6. The second-order valence-corrected chi connectivity index (χ2v) is 8.01. The topological polar surface area (TPSA) is 71.4 Å². The van der Waals surface area contributed by atoms with Crippen molar-refractivity contribution in [2.45, 2.75) is 18.2 Å². The summed E-state index contributed by atoms with van der Waals surface area (Å²) < 4.78 is 29.5. The number of aromatic nitrogens is 1. The first kappa shape index (κ1) is 19.1. The predicted molar refractivity (Wildman–Crippen MR) is 109 cm³/mol. The van der Waals surface area contributed by atoms with Gasteiger partial charge in [-0.3, -0.25) is 0 Å². The van der Waals surface area contributed by atoms with E-state index in [4.69, 9.17) is 11.6 Å². The summed E-state index contributed by atoms with van der Waals surface area (Å²) >= 11 is 5.93. The van der Waals surface area contributed by atoms with Gasteiger partial charge in [0.1, 0.15) is 11.7 Å². The molecule has 0 radical (unpaired) electrons. The Hall–Kier alpha value is -2.70. The number of hydrogen-bond donors (Lipinski definition) is 1. The van der Waals surface area contributed by atoms with E-state index in [1.807, 2.05) is 25.1 Å². The fourth-order valence-corrected chi connectivity index (χ4v) is 3.50. The Bertz CT molecular complexity index is 1030. The fourth-order valence-electron chi connectivity index (χ4n) is 2.39. The molecule has 5 nitrogen and oxygen atoms in total. The van der Waals surface area contributed by atoms with Gasteiger partial charge >= 0.3 is 0 Å². The zero-order chi connectivity index (χ0) is 19.3. The van der Waals surface area contributed by atoms with E-state index in [0.717, 1.165) is 11.1 Å². The van der Waals surface area contributed by atoms with Crippen LogP contribution in [0.3, 0.4) is 0 Å². The average Bonchev–Trinajstić information content (AvgIpc) is 2.64. The third-order valence-electron chi connectivity index (χ3n) is 3.77. The molecule has 7 heteroatoms. The highest BCUT2D eigenvalue weighted by molar-refractivity contribution is 7.90. The number of halogens is 1. The Morgan fingerprint density at radius 2 is 1.74 bits per heavy atom. The first-order valence-corrected chi connectivity index (χ1v) is 10.1. The number of nitrogens with zero attached hydrogens (tertiary/aromatic N) is 2. The van der Waals surface area contributed by atoms with E-state index in [-0.39, 0.29) is 10.7 Å². The minimum Gasteiger partial charge on any atom is -0.327 e. The lowest BCUT2D eigenvalue weighted by atomic mass is 10.1. The molecule has 1 heterocycles. The van der Waals surface area contributed by atoms with Crippen LogP contribution in [0.2, 0.25) is 5.02 Å². The monoisotopic (exact) mass is 399 g/mol. The summed E-state index contributed by atoms with van der Waals surface area (Å²) in [6.07, 6.45) is 1.91. The van der Waals surface area contributed by atoms with Crippen molar-refractivity contribution < 1.29 is 8.42 Å². The molecule has 27 heavy (non-hydrogen) atoms. The SMILES string of the molecule is Cc1ccc(S(=O)(=O)N=C(Cc2ccc(Cl)cc2)Nc2ccccn2)cc1. The second-order valence-electron chi connectivity index (χ2n) is 5.97. The number of sulfonamides is 1. The highest BCUT2D eigenvalue weighted by Gasteiger charge is 2.15. The van der Waals surface area contributed by atoms with Crippen LogP contribution >= 0.6 is 11.6 Å². The second kappa shape index (κ2) is 8.33. The van der Waals surface area contributed by atoms with Crippen molar-refractivity contribution in [3.63, 3.8) is 0 Å². The van der Waals surface area contributed by atoms with Gasteiger partial charge in [0.15, 0.2) is 0 Å². The van der Waals surface area contributed by atoms with Gasteiger partial charge in [0.25, 0.3) is 10.0 Å². The number of rotatable bonds is 5. The largest absolute Gasteiger partial charge is 0.327 e. The third-order valence-corrected chi connectivity index (χ3v) is 5.35. The zero-order valence-corrected chi connectivity index (χ0v) is 16.2. The lowest BCUT2D eigenvalue weighted by Crippen LogP contribution is -2.18. The number of anilines is 1. The maximum absolute atomic E-state index is 12.7. The summed E-state index contributed by atoms with van der Waals surface area (Å²) in [5.74, 6) is 0.793. The summed E-state index contributed by atoms with van der Waals surface area (Å²) in [4.78, 5) is 4.32.